The van der Waals surface area contributed by atoms with Crippen LogP contribution in [0.3, 0.4) is 0 Å². The molecule has 2 fully saturated rings. The lowest BCUT2D eigenvalue weighted by molar-refractivity contribution is -0.0281. The molecule has 2 aliphatic heterocycles. The second kappa shape index (κ2) is 20.9. The topological polar surface area (TPSA) is 39.8 Å². The number of nitrogens with zero attached hydrogens (tertiary/aromatic N) is 2. The summed E-state index contributed by atoms with van der Waals surface area (Å²) in [6.45, 7) is 13.7. The van der Waals surface area contributed by atoms with Crippen molar-refractivity contribution in [2.45, 2.75) is 115 Å². The molecule has 2 aromatic carbocycles. The van der Waals surface area contributed by atoms with Crippen molar-refractivity contribution in [3.8, 4) is 0 Å². The highest BCUT2D eigenvalue weighted by molar-refractivity contribution is 6.30. The van der Waals surface area contributed by atoms with Crippen LogP contribution in [0.4, 0.5) is 0 Å². The molecule has 2 heterocycles. The number of hydrogen-bond donors (Lipinski definition) is 2. The fourth-order valence-corrected chi connectivity index (χ4v) is 7.50. The van der Waals surface area contributed by atoms with E-state index in [0.29, 0.717) is 12.1 Å². The highest BCUT2D eigenvalue weighted by Gasteiger charge is 2.25. The highest BCUT2D eigenvalue weighted by Crippen LogP contribution is 2.35. The summed E-state index contributed by atoms with van der Waals surface area (Å²) >= 11 is 12.7. The standard InChI is InChI=1S/C38H60Cl2N4O/c1-3-5-9-35(43-27-23-41-24-28-43)11-7-13-37(31-15-19-33(39)20-16-31)45-38(32-17-21-34(40)22-18-32)14-8-12-36(10-6-4-2)44-29-25-42-26-30-44/h15-22,35-38,41-42H,3-14,23-30H2,1-2H3. The zero-order valence-corrected chi connectivity index (χ0v) is 29.6. The summed E-state index contributed by atoms with van der Waals surface area (Å²) in [6.07, 6.45) is 14.6. The average molecular weight is 660 g/mol. The molecule has 0 saturated carbocycles. The molecule has 2 aliphatic rings. The van der Waals surface area contributed by atoms with E-state index in [0.717, 1.165) is 88.1 Å². The minimum absolute atomic E-state index is 0.0295. The SMILES string of the molecule is CCCCC(CCCC(OC(CCCC(CCCC)N1CCNCC1)c1ccc(Cl)cc1)c1ccc(Cl)cc1)N1CCNCC1. The predicted octanol–water partition coefficient (Wildman–Crippen LogP) is 9.06. The number of piperazine rings is 2. The number of ether oxygens (including phenoxy) is 1. The summed E-state index contributed by atoms with van der Waals surface area (Å²) in [4.78, 5) is 5.46. The second-order valence-corrected chi connectivity index (χ2v) is 14.1. The third-order valence-corrected chi connectivity index (χ3v) is 10.4. The first-order valence-electron chi connectivity index (χ1n) is 18.1. The van der Waals surface area contributed by atoms with Crippen LogP contribution >= 0.6 is 23.2 Å². The Morgan fingerprint density at radius 3 is 1.27 bits per heavy atom. The summed E-state index contributed by atoms with van der Waals surface area (Å²) in [6, 6.07) is 18.1. The Morgan fingerprint density at radius 2 is 0.911 bits per heavy atom. The van der Waals surface area contributed by atoms with Crippen LogP contribution in [0.2, 0.25) is 10.0 Å². The van der Waals surface area contributed by atoms with Crippen LogP contribution in [0.5, 0.6) is 0 Å². The fraction of sp³-hybridized carbons (Fsp3) is 0.684. The predicted molar refractivity (Wildman–Crippen MR) is 193 cm³/mol. The van der Waals surface area contributed by atoms with E-state index in [9.17, 15) is 0 Å². The monoisotopic (exact) mass is 658 g/mol. The first-order chi connectivity index (χ1) is 22.1. The normalized spacial score (nSPS) is 19.3. The van der Waals surface area contributed by atoms with E-state index in [1.807, 2.05) is 24.3 Å². The minimum Gasteiger partial charge on any atom is -0.366 e. The maximum absolute atomic E-state index is 7.19. The van der Waals surface area contributed by atoms with Gasteiger partial charge in [-0.3, -0.25) is 9.80 Å². The van der Waals surface area contributed by atoms with E-state index in [-0.39, 0.29) is 12.2 Å². The molecule has 7 heteroatoms. The summed E-state index contributed by atoms with van der Waals surface area (Å²) in [5, 5.41) is 8.61. The Morgan fingerprint density at radius 1 is 0.556 bits per heavy atom. The molecule has 0 aromatic heterocycles. The Labute approximate surface area is 284 Å². The van der Waals surface area contributed by atoms with Crippen molar-refractivity contribution < 1.29 is 4.74 Å². The van der Waals surface area contributed by atoms with Gasteiger partial charge in [-0.05, 0) is 86.8 Å². The van der Waals surface area contributed by atoms with E-state index >= 15 is 0 Å². The number of halogens is 2. The van der Waals surface area contributed by atoms with Crippen molar-refractivity contribution in [1.82, 2.24) is 20.4 Å². The molecule has 4 atom stereocenters. The fourth-order valence-electron chi connectivity index (χ4n) is 7.25. The van der Waals surface area contributed by atoms with Gasteiger partial charge in [-0.1, -0.05) is 87.0 Å². The quantitative estimate of drug-likeness (QED) is 0.148. The van der Waals surface area contributed by atoms with Crippen LogP contribution in [0.15, 0.2) is 48.5 Å². The maximum atomic E-state index is 7.19. The number of hydrogen-bond acceptors (Lipinski definition) is 5. The summed E-state index contributed by atoms with van der Waals surface area (Å²) in [5.41, 5.74) is 2.46. The molecule has 2 aromatic rings. The van der Waals surface area contributed by atoms with Crippen molar-refractivity contribution in [2.24, 2.45) is 0 Å². The van der Waals surface area contributed by atoms with Gasteiger partial charge in [-0.15, -0.1) is 0 Å². The van der Waals surface area contributed by atoms with Crippen molar-refractivity contribution in [3.05, 3.63) is 69.7 Å². The number of unbranched alkanes of at least 4 members (excludes halogenated alkanes) is 2. The zero-order valence-electron chi connectivity index (χ0n) is 28.1. The molecule has 0 spiro atoms. The van der Waals surface area contributed by atoms with E-state index in [1.54, 1.807) is 0 Å². The lowest BCUT2D eigenvalue weighted by Gasteiger charge is -2.36. The van der Waals surface area contributed by atoms with Gasteiger partial charge < -0.3 is 15.4 Å². The van der Waals surface area contributed by atoms with Gasteiger partial charge >= 0.3 is 0 Å². The van der Waals surface area contributed by atoms with Crippen LogP contribution in [-0.2, 0) is 4.74 Å². The first-order valence-corrected chi connectivity index (χ1v) is 18.9. The lowest BCUT2D eigenvalue weighted by atomic mass is 9.95. The van der Waals surface area contributed by atoms with Crippen LogP contribution in [0.25, 0.3) is 0 Å². The summed E-state index contributed by atoms with van der Waals surface area (Å²) in [7, 11) is 0. The molecule has 2 N–H and O–H groups in total. The molecule has 0 aliphatic carbocycles. The Balaban J connectivity index is 1.46. The molecule has 0 radical (unpaired) electrons. The largest absolute Gasteiger partial charge is 0.366 e. The van der Waals surface area contributed by atoms with Crippen molar-refractivity contribution in [2.75, 3.05) is 52.4 Å². The molecule has 2 saturated heterocycles. The van der Waals surface area contributed by atoms with E-state index in [4.69, 9.17) is 27.9 Å². The summed E-state index contributed by atoms with van der Waals surface area (Å²) < 4.78 is 7.19. The molecule has 5 nitrogen and oxygen atoms in total. The van der Waals surface area contributed by atoms with Gasteiger partial charge in [0.2, 0.25) is 0 Å². The number of nitrogens with one attached hydrogen (secondary N) is 2. The van der Waals surface area contributed by atoms with Gasteiger partial charge in [0.15, 0.2) is 0 Å². The third-order valence-electron chi connectivity index (χ3n) is 9.94. The molecule has 252 valence electrons. The zero-order chi connectivity index (χ0) is 31.7. The van der Waals surface area contributed by atoms with Crippen LogP contribution < -0.4 is 10.6 Å². The summed E-state index contributed by atoms with van der Waals surface area (Å²) in [5.74, 6) is 0. The number of rotatable bonds is 20. The molecule has 4 rings (SSSR count). The highest BCUT2D eigenvalue weighted by atomic mass is 35.5. The van der Waals surface area contributed by atoms with Crippen LogP contribution in [0, 0.1) is 0 Å². The van der Waals surface area contributed by atoms with E-state index in [1.165, 1.54) is 62.5 Å². The minimum atomic E-state index is 0.0295. The second-order valence-electron chi connectivity index (χ2n) is 13.2. The van der Waals surface area contributed by atoms with Crippen LogP contribution in [0.1, 0.15) is 114 Å². The van der Waals surface area contributed by atoms with E-state index < -0.39 is 0 Å². The van der Waals surface area contributed by atoms with Crippen LogP contribution in [-0.4, -0.2) is 74.2 Å². The van der Waals surface area contributed by atoms with Crippen molar-refractivity contribution in [3.63, 3.8) is 0 Å². The van der Waals surface area contributed by atoms with Gasteiger partial charge in [-0.25, -0.2) is 0 Å². The molecule has 45 heavy (non-hydrogen) atoms. The first kappa shape index (κ1) is 36.7. The molecule has 0 amide bonds. The Bertz CT molecular complexity index is 957. The lowest BCUT2D eigenvalue weighted by Crippen LogP contribution is -2.48. The van der Waals surface area contributed by atoms with Gasteiger partial charge in [0.1, 0.15) is 0 Å². The Kier molecular flexibility index (Phi) is 17.0. The van der Waals surface area contributed by atoms with Gasteiger partial charge in [0.05, 0.1) is 12.2 Å². The van der Waals surface area contributed by atoms with Gasteiger partial charge in [0.25, 0.3) is 0 Å². The third kappa shape index (κ3) is 12.7. The van der Waals surface area contributed by atoms with Gasteiger partial charge in [0, 0.05) is 74.5 Å². The Hall–Kier alpha value is -1.18. The smallest absolute Gasteiger partial charge is 0.0833 e. The molecular formula is C38H60Cl2N4O. The van der Waals surface area contributed by atoms with Gasteiger partial charge in [-0.2, -0.15) is 0 Å². The molecule has 4 unspecified atom stereocenters. The maximum Gasteiger partial charge on any atom is 0.0833 e. The average Bonchev–Trinajstić information content (AvgIpc) is 3.08. The van der Waals surface area contributed by atoms with Crippen molar-refractivity contribution in [1.29, 1.82) is 0 Å². The molecular weight excluding hydrogens is 599 g/mol. The number of benzene rings is 2. The molecule has 0 bridgehead atoms. The van der Waals surface area contributed by atoms with Crippen molar-refractivity contribution >= 4 is 23.2 Å². The van der Waals surface area contributed by atoms with E-state index in [2.05, 4.69) is 58.5 Å².